The van der Waals surface area contributed by atoms with Crippen molar-refractivity contribution in [1.82, 2.24) is 0 Å². The molecule has 20 heavy (non-hydrogen) atoms. The number of rotatable bonds is 4. The van der Waals surface area contributed by atoms with Gasteiger partial charge in [0.25, 0.3) is 5.69 Å². The van der Waals surface area contributed by atoms with Gasteiger partial charge in [-0.1, -0.05) is 12.1 Å². The van der Waals surface area contributed by atoms with E-state index in [9.17, 15) is 14.9 Å². The van der Waals surface area contributed by atoms with Gasteiger partial charge < -0.3 is 4.74 Å². The van der Waals surface area contributed by atoms with Gasteiger partial charge in [0, 0.05) is 23.3 Å². The normalized spacial score (nSPS) is 10.1. The molecule has 0 aliphatic rings. The molecule has 0 fully saturated rings. The van der Waals surface area contributed by atoms with Gasteiger partial charge in [0.1, 0.15) is 5.75 Å². The molecule has 0 saturated carbocycles. The van der Waals surface area contributed by atoms with Crippen molar-refractivity contribution < 1.29 is 14.5 Å². The molecule has 0 radical (unpaired) electrons. The largest absolute Gasteiger partial charge is 0.496 e. The zero-order valence-electron chi connectivity index (χ0n) is 11.1. The Balaban J connectivity index is 2.38. The fourth-order valence-electron chi connectivity index (χ4n) is 1.95. The van der Waals surface area contributed by atoms with E-state index in [1.807, 2.05) is 6.92 Å². The predicted molar refractivity (Wildman–Crippen MR) is 74.3 cm³/mol. The van der Waals surface area contributed by atoms with Gasteiger partial charge >= 0.3 is 0 Å². The number of nitrogens with zero attached hydrogens (tertiary/aromatic N) is 1. The Bertz CT molecular complexity index is 679. The lowest BCUT2D eigenvalue weighted by Crippen LogP contribution is -2.03. The van der Waals surface area contributed by atoms with E-state index in [0.717, 1.165) is 5.56 Å². The van der Waals surface area contributed by atoms with Crippen molar-refractivity contribution in [3.05, 3.63) is 69.3 Å². The second-order valence-electron chi connectivity index (χ2n) is 4.32. The molecule has 5 nitrogen and oxygen atoms in total. The van der Waals surface area contributed by atoms with E-state index in [4.69, 9.17) is 4.74 Å². The lowest BCUT2D eigenvalue weighted by Gasteiger charge is -2.07. The highest BCUT2D eigenvalue weighted by atomic mass is 16.6. The molecule has 0 N–H and O–H groups in total. The van der Waals surface area contributed by atoms with Crippen LogP contribution in [0.3, 0.4) is 0 Å². The van der Waals surface area contributed by atoms with Crippen LogP contribution < -0.4 is 4.74 Å². The topological polar surface area (TPSA) is 69.4 Å². The molecular weight excluding hydrogens is 258 g/mol. The van der Waals surface area contributed by atoms with Crippen LogP contribution in [0.1, 0.15) is 21.5 Å². The number of ether oxygens (including phenoxy) is 1. The van der Waals surface area contributed by atoms with Gasteiger partial charge in [-0.25, -0.2) is 0 Å². The van der Waals surface area contributed by atoms with E-state index in [1.54, 1.807) is 31.4 Å². The Hall–Kier alpha value is -2.69. The molecule has 0 aliphatic carbocycles. The van der Waals surface area contributed by atoms with Crippen molar-refractivity contribution in [2.24, 2.45) is 0 Å². The quantitative estimate of drug-likeness (QED) is 0.486. The Labute approximate surface area is 116 Å². The van der Waals surface area contributed by atoms with E-state index in [1.165, 1.54) is 18.2 Å². The Morgan fingerprint density at radius 1 is 1.15 bits per heavy atom. The highest BCUT2D eigenvalue weighted by Crippen LogP contribution is 2.21. The molecule has 0 saturated heterocycles. The maximum atomic E-state index is 12.3. The van der Waals surface area contributed by atoms with Crippen LogP contribution in [0.4, 0.5) is 5.69 Å². The molecule has 0 spiro atoms. The minimum atomic E-state index is -0.518. The number of benzene rings is 2. The van der Waals surface area contributed by atoms with Gasteiger partial charge in [-0.05, 0) is 30.7 Å². The number of hydrogen-bond donors (Lipinski definition) is 0. The monoisotopic (exact) mass is 271 g/mol. The number of carbonyl (C=O) groups excluding carboxylic acids is 1. The molecule has 2 rings (SSSR count). The number of ketones is 1. The van der Waals surface area contributed by atoms with Crippen LogP contribution in [-0.4, -0.2) is 17.8 Å². The number of methoxy groups -OCH3 is 1. The second-order valence-corrected chi connectivity index (χ2v) is 4.32. The first-order valence-electron chi connectivity index (χ1n) is 5.96. The first kappa shape index (κ1) is 13.7. The molecular formula is C15H13NO4. The number of hydrogen-bond acceptors (Lipinski definition) is 4. The average molecular weight is 271 g/mol. The van der Waals surface area contributed by atoms with Gasteiger partial charge in [0.15, 0.2) is 5.78 Å². The van der Waals surface area contributed by atoms with Crippen LogP contribution in [0.5, 0.6) is 5.75 Å². The summed E-state index contributed by atoms with van der Waals surface area (Å²) >= 11 is 0. The zero-order valence-corrected chi connectivity index (χ0v) is 11.1. The van der Waals surface area contributed by atoms with Crippen LogP contribution in [0, 0.1) is 17.0 Å². The number of non-ortho nitro benzene ring substituents is 1. The molecule has 0 unspecified atom stereocenters. The van der Waals surface area contributed by atoms with E-state index < -0.39 is 4.92 Å². The number of nitro benzene ring substituents is 1. The van der Waals surface area contributed by atoms with Crippen LogP contribution >= 0.6 is 0 Å². The van der Waals surface area contributed by atoms with Gasteiger partial charge in [-0.3, -0.25) is 14.9 Å². The Morgan fingerprint density at radius 3 is 2.45 bits per heavy atom. The smallest absolute Gasteiger partial charge is 0.270 e. The molecule has 5 heteroatoms. The van der Waals surface area contributed by atoms with Crippen molar-refractivity contribution in [2.45, 2.75) is 6.92 Å². The molecule has 0 heterocycles. The number of nitro groups is 1. The summed E-state index contributed by atoms with van der Waals surface area (Å²) in [5.41, 5.74) is 1.51. The van der Waals surface area contributed by atoms with Gasteiger partial charge in [0.2, 0.25) is 0 Å². The van der Waals surface area contributed by atoms with Crippen LogP contribution in [0.25, 0.3) is 0 Å². The van der Waals surface area contributed by atoms with E-state index in [0.29, 0.717) is 16.9 Å². The van der Waals surface area contributed by atoms with E-state index >= 15 is 0 Å². The van der Waals surface area contributed by atoms with E-state index in [2.05, 4.69) is 0 Å². The molecule has 0 aliphatic heterocycles. The fourth-order valence-corrected chi connectivity index (χ4v) is 1.95. The van der Waals surface area contributed by atoms with Crippen LogP contribution in [0.2, 0.25) is 0 Å². The minimum absolute atomic E-state index is 0.0962. The van der Waals surface area contributed by atoms with Crippen LogP contribution in [0.15, 0.2) is 42.5 Å². The third kappa shape index (κ3) is 2.66. The maximum absolute atomic E-state index is 12.3. The molecule has 0 atom stereocenters. The summed E-state index contributed by atoms with van der Waals surface area (Å²) in [7, 11) is 1.56. The van der Waals surface area contributed by atoms with E-state index in [-0.39, 0.29) is 11.5 Å². The lowest BCUT2D eigenvalue weighted by atomic mass is 10.0. The number of carbonyl (C=O) groups is 1. The Morgan fingerprint density at radius 2 is 1.85 bits per heavy atom. The third-order valence-corrected chi connectivity index (χ3v) is 2.98. The molecule has 0 amide bonds. The molecule has 102 valence electrons. The van der Waals surface area contributed by atoms with Crippen molar-refractivity contribution in [2.75, 3.05) is 7.11 Å². The first-order chi connectivity index (χ1) is 9.52. The molecule has 0 bridgehead atoms. The third-order valence-electron chi connectivity index (χ3n) is 2.98. The summed E-state index contributed by atoms with van der Waals surface area (Å²) in [4.78, 5) is 22.5. The predicted octanol–water partition coefficient (Wildman–Crippen LogP) is 3.14. The second kappa shape index (κ2) is 5.52. The minimum Gasteiger partial charge on any atom is -0.496 e. The van der Waals surface area contributed by atoms with Gasteiger partial charge in [0.05, 0.1) is 12.0 Å². The highest BCUT2D eigenvalue weighted by Gasteiger charge is 2.14. The summed E-state index contributed by atoms with van der Waals surface area (Å²) in [6, 6.07) is 10.8. The Kier molecular flexibility index (Phi) is 3.79. The zero-order chi connectivity index (χ0) is 14.7. The van der Waals surface area contributed by atoms with Gasteiger partial charge in [-0.2, -0.15) is 0 Å². The maximum Gasteiger partial charge on any atom is 0.270 e. The SMILES string of the molecule is COc1ccc(C(=O)c2cccc([N+](=O)[O-])c2)cc1C. The summed E-state index contributed by atoms with van der Waals surface area (Å²) in [5.74, 6) is 0.444. The highest BCUT2D eigenvalue weighted by molar-refractivity contribution is 6.09. The lowest BCUT2D eigenvalue weighted by molar-refractivity contribution is -0.384. The van der Waals surface area contributed by atoms with Crippen LogP contribution in [-0.2, 0) is 0 Å². The fraction of sp³-hybridized carbons (Fsp3) is 0.133. The van der Waals surface area contributed by atoms with Crippen molar-refractivity contribution in [3.8, 4) is 5.75 Å². The summed E-state index contributed by atoms with van der Waals surface area (Å²) in [6.45, 7) is 1.84. The molecule has 2 aromatic carbocycles. The molecule has 0 aromatic heterocycles. The summed E-state index contributed by atoms with van der Waals surface area (Å²) in [5, 5.41) is 10.7. The standard InChI is InChI=1S/C15H13NO4/c1-10-8-12(6-7-14(10)20-2)15(17)11-4-3-5-13(9-11)16(18)19/h3-9H,1-2H3. The van der Waals surface area contributed by atoms with Gasteiger partial charge in [-0.15, -0.1) is 0 Å². The average Bonchev–Trinajstić information content (AvgIpc) is 2.46. The van der Waals surface area contributed by atoms with Crippen molar-refractivity contribution >= 4 is 11.5 Å². The first-order valence-corrected chi connectivity index (χ1v) is 5.96. The van der Waals surface area contributed by atoms with Crippen molar-refractivity contribution in [3.63, 3.8) is 0 Å². The van der Waals surface area contributed by atoms with Crippen molar-refractivity contribution in [1.29, 1.82) is 0 Å². The molecule has 2 aromatic rings. The summed E-state index contributed by atoms with van der Waals surface area (Å²) in [6.07, 6.45) is 0. The number of aryl methyl sites for hydroxylation is 1. The summed E-state index contributed by atoms with van der Waals surface area (Å²) < 4.78 is 5.14.